The van der Waals surface area contributed by atoms with Crippen LogP contribution in [0.15, 0.2) is 0 Å². The number of ether oxygens (including phenoxy) is 1. The molecule has 1 amide bonds. The van der Waals surface area contributed by atoms with E-state index < -0.39 is 5.60 Å². The Bertz CT molecular complexity index is 428. The molecule has 2 aliphatic heterocycles. The molecule has 0 bridgehead atoms. The maximum absolute atomic E-state index is 12.3. The zero-order valence-corrected chi connectivity index (χ0v) is 15.8. The summed E-state index contributed by atoms with van der Waals surface area (Å²) in [6.07, 6.45) is 3.55. The van der Waals surface area contributed by atoms with Crippen LogP contribution in [-0.2, 0) is 14.0 Å². The Hall–Kier alpha value is -0.745. The molecular weight excluding hydrogens is 293 g/mol. The van der Waals surface area contributed by atoms with Gasteiger partial charge in [-0.2, -0.15) is 0 Å². The molecule has 0 aromatic heterocycles. The lowest BCUT2D eigenvalue weighted by molar-refractivity contribution is 0.00578. The molecule has 23 heavy (non-hydrogen) atoms. The lowest BCUT2D eigenvalue weighted by Gasteiger charge is -2.32. The van der Waals surface area contributed by atoms with E-state index in [2.05, 4.69) is 27.7 Å². The van der Waals surface area contributed by atoms with E-state index in [1.54, 1.807) is 0 Å². The molecule has 6 heteroatoms. The second-order valence-corrected chi connectivity index (χ2v) is 8.73. The molecule has 0 aromatic rings. The smallest absolute Gasteiger partial charge is 0.444 e. The fourth-order valence-electron chi connectivity index (χ4n) is 3.11. The minimum Gasteiger partial charge on any atom is -0.444 e. The Labute approximate surface area is 141 Å². The molecule has 0 aliphatic carbocycles. The molecule has 2 aliphatic rings. The maximum atomic E-state index is 12.3. The van der Waals surface area contributed by atoms with Gasteiger partial charge in [0.15, 0.2) is 0 Å². The van der Waals surface area contributed by atoms with Crippen molar-refractivity contribution in [3.8, 4) is 0 Å². The monoisotopic (exact) mass is 325 g/mol. The fourth-order valence-corrected chi connectivity index (χ4v) is 3.11. The maximum Gasteiger partial charge on any atom is 0.457 e. The van der Waals surface area contributed by atoms with E-state index in [-0.39, 0.29) is 30.5 Å². The summed E-state index contributed by atoms with van der Waals surface area (Å²) in [6.45, 7) is 14.8. The molecule has 2 saturated heterocycles. The van der Waals surface area contributed by atoms with Gasteiger partial charge in [-0.25, -0.2) is 4.79 Å². The van der Waals surface area contributed by atoms with Crippen LogP contribution in [0.3, 0.4) is 0 Å². The van der Waals surface area contributed by atoms with Crippen LogP contribution >= 0.6 is 0 Å². The predicted molar refractivity (Wildman–Crippen MR) is 91.5 cm³/mol. The highest BCUT2D eigenvalue weighted by molar-refractivity contribution is 6.45. The van der Waals surface area contributed by atoms with E-state index in [0.29, 0.717) is 0 Å². The third-order valence-corrected chi connectivity index (χ3v) is 5.04. The first-order chi connectivity index (χ1) is 10.4. The van der Waals surface area contributed by atoms with Crippen LogP contribution in [0.5, 0.6) is 0 Å². The summed E-state index contributed by atoms with van der Waals surface area (Å²) in [5, 5.41) is 0. The Balaban J connectivity index is 1.87. The van der Waals surface area contributed by atoms with Crippen LogP contribution in [0.2, 0.25) is 6.32 Å². The normalized spacial score (nSPS) is 26.7. The standard InChI is InChI=1S/C17H32BNO4/c1-15(2,3)21-14(20)19-12-8-9-13(19)10-11-18-22-16(4,5)17(6,7)23-18/h13H,8-12H2,1-7H3. The summed E-state index contributed by atoms with van der Waals surface area (Å²) >= 11 is 0. The van der Waals surface area contributed by atoms with Gasteiger partial charge in [0.25, 0.3) is 0 Å². The van der Waals surface area contributed by atoms with Crippen molar-refractivity contribution >= 4 is 13.2 Å². The average molecular weight is 325 g/mol. The van der Waals surface area contributed by atoms with Gasteiger partial charge in [-0.15, -0.1) is 0 Å². The van der Waals surface area contributed by atoms with Gasteiger partial charge in [-0.1, -0.05) is 0 Å². The number of carbonyl (C=O) groups is 1. The highest BCUT2D eigenvalue weighted by Gasteiger charge is 2.51. The number of hydrogen-bond acceptors (Lipinski definition) is 4. The fraction of sp³-hybridized carbons (Fsp3) is 0.941. The van der Waals surface area contributed by atoms with Gasteiger partial charge < -0.3 is 18.9 Å². The van der Waals surface area contributed by atoms with Crippen molar-refractivity contribution in [3.63, 3.8) is 0 Å². The molecule has 0 radical (unpaired) electrons. The van der Waals surface area contributed by atoms with Crippen LogP contribution in [0.1, 0.15) is 67.7 Å². The summed E-state index contributed by atoms with van der Waals surface area (Å²) in [4.78, 5) is 14.2. The first-order valence-corrected chi connectivity index (χ1v) is 8.76. The zero-order valence-electron chi connectivity index (χ0n) is 15.8. The summed E-state index contributed by atoms with van der Waals surface area (Å²) in [5.74, 6) is 0. The molecule has 1 atom stereocenters. The average Bonchev–Trinajstić information content (AvgIpc) is 2.87. The van der Waals surface area contributed by atoms with E-state index in [4.69, 9.17) is 14.0 Å². The molecule has 2 heterocycles. The zero-order chi connectivity index (χ0) is 17.5. The van der Waals surface area contributed by atoms with E-state index in [1.807, 2.05) is 25.7 Å². The van der Waals surface area contributed by atoms with E-state index in [1.165, 1.54) is 0 Å². The van der Waals surface area contributed by atoms with Gasteiger partial charge in [0.1, 0.15) is 5.60 Å². The lowest BCUT2D eigenvalue weighted by Crippen LogP contribution is -2.41. The third-order valence-electron chi connectivity index (χ3n) is 5.04. The first kappa shape index (κ1) is 18.6. The van der Waals surface area contributed by atoms with E-state index >= 15 is 0 Å². The molecular formula is C17H32BNO4. The molecule has 0 N–H and O–H groups in total. The molecule has 2 fully saturated rings. The van der Waals surface area contributed by atoms with Crippen molar-refractivity contribution in [1.29, 1.82) is 0 Å². The van der Waals surface area contributed by atoms with Gasteiger partial charge in [0.05, 0.1) is 11.2 Å². The molecule has 0 saturated carbocycles. The Morgan fingerprint density at radius 1 is 1.22 bits per heavy atom. The van der Waals surface area contributed by atoms with Gasteiger partial charge in [0.2, 0.25) is 0 Å². The second-order valence-electron chi connectivity index (χ2n) is 8.73. The predicted octanol–water partition coefficient (Wildman–Crippen LogP) is 3.87. The first-order valence-electron chi connectivity index (χ1n) is 8.76. The number of hydrogen-bond donors (Lipinski definition) is 0. The van der Waals surface area contributed by atoms with Gasteiger partial charge in [-0.3, -0.25) is 0 Å². The Kier molecular flexibility index (Phi) is 5.08. The van der Waals surface area contributed by atoms with Crippen molar-refractivity contribution in [2.45, 2.75) is 96.9 Å². The molecule has 132 valence electrons. The SMILES string of the molecule is CC(C)(C)OC(=O)N1CCCC1CCB1OC(C)(C)C(C)(C)O1. The number of amides is 1. The molecule has 1 unspecified atom stereocenters. The van der Waals surface area contributed by atoms with Crippen LogP contribution in [0, 0.1) is 0 Å². The number of nitrogens with zero attached hydrogens (tertiary/aromatic N) is 1. The number of carbonyl (C=O) groups excluding carboxylic acids is 1. The highest BCUT2D eigenvalue weighted by atomic mass is 16.7. The Morgan fingerprint density at radius 3 is 2.30 bits per heavy atom. The highest BCUT2D eigenvalue weighted by Crippen LogP contribution is 2.38. The van der Waals surface area contributed by atoms with Crippen molar-refractivity contribution < 1.29 is 18.8 Å². The van der Waals surface area contributed by atoms with Crippen molar-refractivity contribution in [2.75, 3.05) is 6.54 Å². The second kappa shape index (κ2) is 6.28. The molecule has 0 aromatic carbocycles. The molecule has 2 rings (SSSR count). The van der Waals surface area contributed by atoms with Gasteiger partial charge in [-0.05, 0) is 74.0 Å². The van der Waals surface area contributed by atoms with Crippen molar-refractivity contribution in [2.24, 2.45) is 0 Å². The number of likely N-dealkylation sites (tertiary alicyclic amines) is 1. The van der Waals surface area contributed by atoms with Gasteiger partial charge in [0, 0.05) is 12.6 Å². The minimum atomic E-state index is -0.448. The minimum absolute atomic E-state index is 0.193. The van der Waals surface area contributed by atoms with E-state index in [9.17, 15) is 4.79 Å². The van der Waals surface area contributed by atoms with Crippen LogP contribution in [0.25, 0.3) is 0 Å². The van der Waals surface area contributed by atoms with Crippen LogP contribution in [0.4, 0.5) is 4.79 Å². The quantitative estimate of drug-likeness (QED) is 0.739. The largest absolute Gasteiger partial charge is 0.457 e. The number of rotatable bonds is 3. The lowest BCUT2D eigenvalue weighted by atomic mass is 9.81. The summed E-state index contributed by atoms with van der Waals surface area (Å²) < 4.78 is 17.6. The third kappa shape index (κ3) is 4.41. The summed E-state index contributed by atoms with van der Waals surface area (Å²) in [5.41, 5.74) is -1.04. The van der Waals surface area contributed by atoms with Crippen molar-refractivity contribution in [3.05, 3.63) is 0 Å². The summed E-state index contributed by atoms with van der Waals surface area (Å²) in [6, 6.07) is 0.226. The van der Waals surface area contributed by atoms with E-state index in [0.717, 1.165) is 32.1 Å². The van der Waals surface area contributed by atoms with Crippen LogP contribution < -0.4 is 0 Å². The Morgan fingerprint density at radius 2 is 1.78 bits per heavy atom. The molecule has 5 nitrogen and oxygen atoms in total. The molecule has 0 spiro atoms. The van der Waals surface area contributed by atoms with Crippen molar-refractivity contribution in [1.82, 2.24) is 4.90 Å². The van der Waals surface area contributed by atoms with Crippen LogP contribution in [-0.4, -0.2) is 47.5 Å². The van der Waals surface area contributed by atoms with Gasteiger partial charge >= 0.3 is 13.2 Å². The summed E-state index contributed by atoms with van der Waals surface area (Å²) in [7, 11) is -0.193. The topological polar surface area (TPSA) is 48.0 Å².